The fourth-order valence-corrected chi connectivity index (χ4v) is 3.41. The summed E-state index contributed by atoms with van der Waals surface area (Å²) in [5.41, 5.74) is 7.88. The Morgan fingerprint density at radius 3 is 2.96 bits per heavy atom. The van der Waals surface area contributed by atoms with Crippen molar-refractivity contribution in [2.24, 2.45) is 0 Å². The van der Waals surface area contributed by atoms with E-state index in [-0.39, 0.29) is 0 Å². The van der Waals surface area contributed by atoms with Crippen molar-refractivity contribution < 1.29 is 0 Å². The van der Waals surface area contributed by atoms with Gasteiger partial charge in [-0.3, -0.25) is 9.30 Å². The van der Waals surface area contributed by atoms with Crippen LogP contribution in [-0.4, -0.2) is 43.4 Å². The lowest BCUT2D eigenvalue weighted by Crippen LogP contribution is -2.26. The van der Waals surface area contributed by atoms with Crippen molar-refractivity contribution in [3.8, 4) is 0 Å². The molecule has 1 aliphatic heterocycles. The summed E-state index contributed by atoms with van der Waals surface area (Å²) in [7, 11) is 0. The van der Waals surface area contributed by atoms with Gasteiger partial charge in [-0.1, -0.05) is 0 Å². The molecule has 4 rings (SSSR count). The molecule has 1 saturated heterocycles. The quantitative estimate of drug-likeness (QED) is 0.759. The van der Waals surface area contributed by atoms with Gasteiger partial charge < -0.3 is 11.1 Å². The van der Waals surface area contributed by atoms with Crippen molar-refractivity contribution in [2.45, 2.75) is 31.8 Å². The average Bonchev–Trinajstić information content (AvgIpc) is 2.90. The Kier molecular flexibility index (Phi) is 4.47. The summed E-state index contributed by atoms with van der Waals surface area (Å²) in [5.74, 6) is 1.32. The lowest BCUT2D eigenvalue weighted by molar-refractivity contribution is 0.272. The molecule has 0 aromatic carbocycles. The first-order valence-corrected chi connectivity index (χ1v) is 8.75. The first-order chi connectivity index (χ1) is 12.3. The van der Waals surface area contributed by atoms with Crippen LogP contribution in [0.15, 0.2) is 43.0 Å². The molecule has 3 N–H and O–H groups in total. The number of nitrogens with one attached hydrogen (secondary N) is 1. The number of nitrogen functional groups attached to an aromatic ring is 1. The fourth-order valence-electron chi connectivity index (χ4n) is 3.41. The van der Waals surface area contributed by atoms with Gasteiger partial charge in [0.05, 0.1) is 23.8 Å². The SMILES string of the molecule is Nc1ccc(N[C@H]2CCCN(Cc3cnc4ncccn34)CC2)cn1. The van der Waals surface area contributed by atoms with Gasteiger partial charge >= 0.3 is 0 Å². The highest BCUT2D eigenvalue weighted by molar-refractivity contribution is 5.46. The number of nitrogens with two attached hydrogens (primary N) is 1. The van der Waals surface area contributed by atoms with Gasteiger partial charge in [0.25, 0.3) is 0 Å². The van der Waals surface area contributed by atoms with Crippen LogP contribution in [0.25, 0.3) is 5.78 Å². The summed E-state index contributed by atoms with van der Waals surface area (Å²) in [4.78, 5) is 15.3. The molecule has 1 atom stereocenters. The van der Waals surface area contributed by atoms with E-state index in [4.69, 9.17) is 5.73 Å². The number of rotatable bonds is 4. The maximum atomic E-state index is 5.65. The summed E-state index contributed by atoms with van der Waals surface area (Å²) in [6.45, 7) is 3.07. The smallest absolute Gasteiger partial charge is 0.233 e. The summed E-state index contributed by atoms with van der Waals surface area (Å²) >= 11 is 0. The molecule has 0 unspecified atom stereocenters. The standard InChI is InChI=1S/C18H23N7/c19-17-5-4-15(11-21-17)23-14-3-1-8-24(10-6-14)13-16-12-22-18-20-7-2-9-25(16)18/h2,4-5,7,9,11-12,14,23H,1,3,6,8,10,13H2,(H2,19,21)/t14-/m0/s1. The van der Waals surface area contributed by atoms with E-state index in [0.29, 0.717) is 11.9 Å². The number of anilines is 2. The third-order valence-corrected chi connectivity index (χ3v) is 4.73. The number of hydrogen-bond donors (Lipinski definition) is 2. The van der Waals surface area contributed by atoms with Gasteiger partial charge in [0.15, 0.2) is 0 Å². The van der Waals surface area contributed by atoms with E-state index in [9.17, 15) is 0 Å². The molecule has 0 amide bonds. The van der Waals surface area contributed by atoms with E-state index in [1.54, 1.807) is 6.20 Å². The molecule has 130 valence electrons. The van der Waals surface area contributed by atoms with Gasteiger partial charge in [-0.05, 0) is 44.0 Å². The summed E-state index contributed by atoms with van der Waals surface area (Å²) in [5, 5.41) is 3.58. The van der Waals surface area contributed by atoms with Crippen LogP contribution in [0.4, 0.5) is 11.5 Å². The largest absolute Gasteiger partial charge is 0.384 e. The molecule has 7 nitrogen and oxygen atoms in total. The third-order valence-electron chi connectivity index (χ3n) is 4.73. The number of likely N-dealkylation sites (tertiary alicyclic amines) is 1. The molecule has 1 aliphatic rings. The van der Waals surface area contributed by atoms with Crippen LogP contribution in [0.1, 0.15) is 25.0 Å². The van der Waals surface area contributed by atoms with Gasteiger partial charge in [-0.2, -0.15) is 0 Å². The highest BCUT2D eigenvalue weighted by Crippen LogP contribution is 2.18. The highest BCUT2D eigenvalue weighted by atomic mass is 15.2. The van der Waals surface area contributed by atoms with E-state index in [1.165, 1.54) is 12.1 Å². The van der Waals surface area contributed by atoms with Crippen molar-refractivity contribution in [2.75, 3.05) is 24.1 Å². The Morgan fingerprint density at radius 1 is 1.12 bits per heavy atom. The van der Waals surface area contributed by atoms with Crippen molar-refractivity contribution >= 4 is 17.3 Å². The molecule has 1 fully saturated rings. The summed E-state index contributed by atoms with van der Waals surface area (Å²) in [6.07, 6.45) is 11.0. The van der Waals surface area contributed by atoms with Gasteiger partial charge in [-0.15, -0.1) is 0 Å². The molecule has 4 heterocycles. The molecule has 0 spiro atoms. The van der Waals surface area contributed by atoms with E-state index in [1.807, 2.05) is 36.8 Å². The number of hydrogen-bond acceptors (Lipinski definition) is 6. The van der Waals surface area contributed by atoms with Crippen LogP contribution in [0.2, 0.25) is 0 Å². The number of imidazole rings is 1. The predicted molar refractivity (Wildman–Crippen MR) is 98.2 cm³/mol. The van der Waals surface area contributed by atoms with Crippen LogP contribution in [0.5, 0.6) is 0 Å². The summed E-state index contributed by atoms with van der Waals surface area (Å²) < 4.78 is 2.07. The highest BCUT2D eigenvalue weighted by Gasteiger charge is 2.18. The van der Waals surface area contributed by atoms with Crippen molar-refractivity contribution in [1.29, 1.82) is 0 Å². The first-order valence-electron chi connectivity index (χ1n) is 8.75. The van der Waals surface area contributed by atoms with Crippen molar-refractivity contribution in [1.82, 2.24) is 24.3 Å². The Bertz CT molecular complexity index is 827. The molecule has 3 aromatic heterocycles. The zero-order chi connectivity index (χ0) is 17.1. The van der Waals surface area contributed by atoms with Crippen molar-refractivity contribution in [3.63, 3.8) is 0 Å². The van der Waals surface area contributed by atoms with Gasteiger partial charge in [0.1, 0.15) is 5.82 Å². The Hall–Kier alpha value is -2.67. The molecular formula is C18H23N7. The monoisotopic (exact) mass is 337 g/mol. The molecule has 0 radical (unpaired) electrons. The number of fused-ring (bicyclic) bond motifs is 1. The van der Waals surface area contributed by atoms with Crippen LogP contribution < -0.4 is 11.1 Å². The Morgan fingerprint density at radius 2 is 2.08 bits per heavy atom. The maximum Gasteiger partial charge on any atom is 0.233 e. The zero-order valence-electron chi connectivity index (χ0n) is 14.2. The molecule has 0 saturated carbocycles. The van der Waals surface area contributed by atoms with Gasteiger partial charge in [-0.25, -0.2) is 15.0 Å². The second-order valence-corrected chi connectivity index (χ2v) is 6.56. The molecule has 0 aliphatic carbocycles. The van der Waals surface area contributed by atoms with Crippen molar-refractivity contribution in [3.05, 3.63) is 48.7 Å². The minimum Gasteiger partial charge on any atom is -0.384 e. The molecule has 7 heteroatoms. The van der Waals surface area contributed by atoms with Crippen LogP contribution in [0, 0.1) is 0 Å². The van der Waals surface area contributed by atoms with Crippen LogP contribution in [-0.2, 0) is 6.54 Å². The summed E-state index contributed by atoms with van der Waals surface area (Å²) in [6, 6.07) is 6.25. The number of aromatic nitrogens is 4. The van der Waals surface area contributed by atoms with E-state index in [2.05, 4.69) is 29.6 Å². The predicted octanol–water partition coefficient (Wildman–Crippen LogP) is 2.17. The molecule has 0 bridgehead atoms. The Labute approximate surface area is 146 Å². The zero-order valence-corrected chi connectivity index (χ0v) is 14.2. The second kappa shape index (κ2) is 7.06. The lowest BCUT2D eigenvalue weighted by atomic mass is 10.1. The minimum atomic E-state index is 0.472. The van der Waals surface area contributed by atoms with Gasteiger partial charge in [0.2, 0.25) is 5.78 Å². The Balaban J connectivity index is 1.37. The molecule has 3 aromatic rings. The normalized spacial score (nSPS) is 19.0. The average molecular weight is 337 g/mol. The first kappa shape index (κ1) is 15.8. The molecular weight excluding hydrogens is 314 g/mol. The van der Waals surface area contributed by atoms with Crippen LogP contribution >= 0.6 is 0 Å². The van der Waals surface area contributed by atoms with E-state index >= 15 is 0 Å². The number of pyridine rings is 1. The fraction of sp³-hybridized carbons (Fsp3) is 0.389. The van der Waals surface area contributed by atoms with E-state index in [0.717, 1.165) is 43.9 Å². The number of nitrogens with zero attached hydrogens (tertiary/aromatic N) is 5. The van der Waals surface area contributed by atoms with Crippen LogP contribution in [0.3, 0.4) is 0 Å². The van der Waals surface area contributed by atoms with Gasteiger partial charge in [0, 0.05) is 31.5 Å². The minimum absolute atomic E-state index is 0.472. The molecule has 25 heavy (non-hydrogen) atoms. The second-order valence-electron chi connectivity index (χ2n) is 6.56. The van der Waals surface area contributed by atoms with E-state index < -0.39 is 0 Å². The third kappa shape index (κ3) is 3.71. The lowest BCUT2D eigenvalue weighted by Gasteiger charge is -2.20. The maximum absolute atomic E-state index is 5.65. The topological polar surface area (TPSA) is 84.4 Å².